The number of carbonyl (C=O) groups excluding carboxylic acids is 2. The van der Waals surface area contributed by atoms with Crippen molar-refractivity contribution in [3.05, 3.63) is 95.1 Å². The van der Waals surface area contributed by atoms with E-state index in [4.69, 9.17) is 4.74 Å². The Bertz CT molecular complexity index is 1290. The molecule has 34 heavy (non-hydrogen) atoms. The summed E-state index contributed by atoms with van der Waals surface area (Å²) < 4.78 is 33.8. The van der Waals surface area contributed by atoms with Gasteiger partial charge in [-0.05, 0) is 48.4 Å². The van der Waals surface area contributed by atoms with E-state index in [9.17, 15) is 28.6 Å². The predicted octanol–water partition coefficient (Wildman–Crippen LogP) is 5.09. The van der Waals surface area contributed by atoms with Crippen molar-refractivity contribution in [2.24, 2.45) is 0 Å². The first-order valence-corrected chi connectivity index (χ1v) is 10.6. The third kappa shape index (κ3) is 4.22. The first kappa shape index (κ1) is 23.0. The Morgan fingerprint density at radius 2 is 1.76 bits per heavy atom. The van der Waals surface area contributed by atoms with Gasteiger partial charge in [0.1, 0.15) is 28.9 Å². The number of rotatable bonds is 6. The first-order chi connectivity index (χ1) is 16.3. The molecule has 4 rings (SSSR count). The van der Waals surface area contributed by atoms with Crippen molar-refractivity contribution in [1.82, 2.24) is 0 Å². The Labute approximate surface area is 194 Å². The van der Waals surface area contributed by atoms with Crippen LogP contribution in [0.5, 0.6) is 11.5 Å². The summed E-state index contributed by atoms with van der Waals surface area (Å²) in [6, 6.07) is 13.4. The van der Waals surface area contributed by atoms with Crippen molar-refractivity contribution in [1.29, 1.82) is 0 Å². The van der Waals surface area contributed by atoms with Crippen molar-refractivity contribution >= 4 is 23.1 Å². The molecule has 1 amide bonds. The first-order valence-electron chi connectivity index (χ1n) is 10.6. The third-order valence-electron chi connectivity index (χ3n) is 5.40. The van der Waals surface area contributed by atoms with Crippen LogP contribution in [0.1, 0.15) is 30.5 Å². The SMILES string of the molecule is CCCOc1cccc(/C(O)=C2\C(=O)C(=O)N(c3ccc(F)cc3F)C2c2ccc(O)cc2)c1. The number of hydrogen-bond donors (Lipinski definition) is 2. The number of hydrogen-bond acceptors (Lipinski definition) is 5. The lowest BCUT2D eigenvalue weighted by molar-refractivity contribution is -0.132. The van der Waals surface area contributed by atoms with E-state index in [-0.39, 0.29) is 22.6 Å². The number of anilines is 1. The van der Waals surface area contributed by atoms with Crippen molar-refractivity contribution in [2.75, 3.05) is 11.5 Å². The molecule has 3 aromatic carbocycles. The van der Waals surface area contributed by atoms with Crippen LogP contribution in [0.25, 0.3) is 5.76 Å². The standard InChI is InChI=1S/C26H21F2NO5/c1-2-12-34-19-5-3-4-16(13-19)24(31)22-23(15-6-9-18(30)10-7-15)29(26(33)25(22)32)21-11-8-17(27)14-20(21)28/h3-11,13-14,23,30-31H,2,12H2,1H3/b24-22+. The number of aliphatic hydroxyl groups is 1. The maximum atomic E-state index is 14.7. The summed E-state index contributed by atoms with van der Waals surface area (Å²) in [5.41, 5.74) is -0.0247. The molecular formula is C26H21F2NO5. The average Bonchev–Trinajstić information content (AvgIpc) is 3.08. The molecule has 0 aromatic heterocycles. The quantitative estimate of drug-likeness (QED) is 0.301. The van der Waals surface area contributed by atoms with Crippen LogP contribution in [0.2, 0.25) is 0 Å². The molecule has 0 bridgehead atoms. The Morgan fingerprint density at radius 3 is 2.44 bits per heavy atom. The second-order valence-corrected chi connectivity index (χ2v) is 7.73. The minimum atomic E-state index is -1.22. The van der Waals surface area contributed by atoms with E-state index >= 15 is 0 Å². The topological polar surface area (TPSA) is 87.1 Å². The highest BCUT2D eigenvalue weighted by Gasteiger charge is 2.47. The van der Waals surface area contributed by atoms with Crippen LogP contribution in [0, 0.1) is 11.6 Å². The monoisotopic (exact) mass is 465 g/mol. The van der Waals surface area contributed by atoms with Crippen molar-refractivity contribution < 1.29 is 33.3 Å². The summed E-state index contributed by atoms with van der Waals surface area (Å²) in [6.07, 6.45) is 0.769. The summed E-state index contributed by atoms with van der Waals surface area (Å²) >= 11 is 0. The molecule has 1 unspecified atom stereocenters. The molecule has 0 radical (unpaired) electrons. The summed E-state index contributed by atoms with van der Waals surface area (Å²) in [6.45, 7) is 2.39. The number of ether oxygens (including phenoxy) is 1. The van der Waals surface area contributed by atoms with Crippen LogP contribution in [0.15, 0.2) is 72.3 Å². The van der Waals surface area contributed by atoms with Gasteiger partial charge >= 0.3 is 0 Å². The maximum absolute atomic E-state index is 14.7. The molecule has 0 saturated carbocycles. The second-order valence-electron chi connectivity index (χ2n) is 7.73. The summed E-state index contributed by atoms with van der Waals surface area (Å²) in [7, 11) is 0. The van der Waals surface area contributed by atoms with Gasteiger partial charge in [0.2, 0.25) is 0 Å². The fraction of sp³-hybridized carbons (Fsp3) is 0.154. The van der Waals surface area contributed by atoms with Gasteiger partial charge in [0.15, 0.2) is 0 Å². The highest BCUT2D eigenvalue weighted by Crippen LogP contribution is 2.43. The van der Waals surface area contributed by atoms with Crippen LogP contribution < -0.4 is 9.64 Å². The Balaban J connectivity index is 1.91. The Kier molecular flexibility index (Phi) is 6.32. The van der Waals surface area contributed by atoms with Gasteiger partial charge in [0.05, 0.1) is 23.9 Å². The number of nitrogens with zero attached hydrogens (tertiary/aromatic N) is 1. The molecule has 3 aromatic rings. The minimum Gasteiger partial charge on any atom is -0.508 e. The highest BCUT2D eigenvalue weighted by molar-refractivity contribution is 6.51. The van der Waals surface area contributed by atoms with Gasteiger partial charge in [0.25, 0.3) is 11.7 Å². The number of carbonyl (C=O) groups is 2. The van der Waals surface area contributed by atoms with Crippen molar-refractivity contribution in [3.63, 3.8) is 0 Å². The van der Waals surface area contributed by atoms with Crippen molar-refractivity contribution in [3.8, 4) is 11.5 Å². The van der Waals surface area contributed by atoms with Gasteiger partial charge in [-0.15, -0.1) is 0 Å². The lowest BCUT2D eigenvalue weighted by Crippen LogP contribution is -2.30. The van der Waals surface area contributed by atoms with Crippen LogP contribution in [0.3, 0.4) is 0 Å². The molecule has 1 atom stereocenters. The smallest absolute Gasteiger partial charge is 0.300 e. The number of ketones is 1. The average molecular weight is 465 g/mol. The molecular weight excluding hydrogens is 444 g/mol. The fourth-order valence-corrected chi connectivity index (χ4v) is 3.84. The zero-order valence-corrected chi connectivity index (χ0v) is 18.2. The highest BCUT2D eigenvalue weighted by atomic mass is 19.1. The molecule has 8 heteroatoms. The zero-order chi connectivity index (χ0) is 24.4. The van der Waals surface area contributed by atoms with Crippen LogP contribution in [-0.4, -0.2) is 28.5 Å². The second kappa shape index (κ2) is 9.35. The molecule has 2 N–H and O–H groups in total. The predicted molar refractivity (Wildman–Crippen MR) is 121 cm³/mol. The molecule has 6 nitrogen and oxygen atoms in total. The number of halogens is 2. The van der Waals surface area contributed by atoms with Gasteiger partial charge in [-0.1, -0.05) is 31.2 Å². The molecule has 1 fully saturated rings. The number of aromatic hydroxyl groups is 1. The van der Waals surface area contributed by atoms with Gasteiger partial charge in [-0.3, -0.25) is 14.5 Å². The molecule has 1 aliphatic heterocycles. The zero-order valence-electron chi connectivity index (χ0n) is 18.2. The van der Waals surface area contributed by atoms with E-state index in [1.807, 2.05) is 6.92 Å². The van der Waals surface area contributed by atoms with E-state index in [0.29, 0.717) is 24.0 Å². The van der Waals surface area contributed by atoms with Crippen LogP contribution >= 0.6 is 0 Å². The van der Waals surface area contributed by atoms with Gasteiger partial charge < -0.3 is 14.9 Å². The molecule has 174 valence electrons. The van der Waals surface area contributed by atoms with E-state index in [1.165, 1.54) is 30.3 Å². The van der Waals surface area contributed by atoms with Crippen LogP contribution in [0.4, 0.5) is 14.5 Å². The number of amides is 1. The van der Waals surface area contributed by atoms with E-state index < -0.39 is 35.1 Å². The van der Waals surface area contributed by atoms with E-state index in [0.717, 1.165) is 23.5 Å². The molecule has 1 aliphatic rings. The van der Waals surface area contributed by atoms with E-state index in [2.05, 4.69) is 0 Å². The van der Waals surface area contributed by atoms with Gasteiger partial charge in [0, 0.05) is 11.6 Å². The lowest BCUT2D eigenvalue weighted by Gasteiger charge is -2.25. The molecule has 0 aliphatic carbocycles. The van der Waals surface area contributed by atoms with Crippen molar-refractivity contribution in [2.45, 2.75) is 19.4 Å². The lowest BCUT2D eigenvalue weighted by atomic mass is 9.95. The number of benzene rings is 3. The fourth-order valence-electron chi connectivity index (χ4n) is 3.84. The number of Topliss-reactive ketones (excluding diaryl/α,β-unsaturated/α-hetero) is 1. The summed E-state index contributed by atoms with van der Waals surface area (Å²) in [5.74, 6) is -4.06. The Morgan fingerprint density at radius 1 is 1.03 bits per heavy atom. The third-order valence-corrected chi connectivity index (χ3v) is 5.40. The minimum absolute atomic E-state index is 0.0607. The summed E-state index contributed by atoms with van der Waals surface area (Å²) in [4.78, 5) is 27.0. The maximum Gasteiger partial charge on any atom is 0.300 e. The van der Waals surface area contributed by atoms with Crippen LogP contribution in [-0.2, 0) is 9.59 Å². The van der Waals surface area contributed by atoms with Gasteiger partial charge in [-0.2, -0.15) is 0 Å². The summed E-state index contributed by atoms with van der Waals surface area (Å²) in [5, 5.41) is 20.8. The number of aliphatic hydroxyl groups excluding tert-OH is 1. The Hall–Kier alpha value is -4.20. The number of phenolic OH excluding ortho intramolecular Hbond substituents is 1. The molecule has 1 saturated heterocycles. The number of phenols is 1. The molecule has 1 heterocycles. The normalized spacial score (nSPS) is 17.3. The van der Waals surface area contributed by atoms with E-state index in [1.54, 1.807) is 18.2 Å². The van der Waals surface area contributed by atoms with Gasteiger partial charge in [-0.25, -0.2) is 8.78 Å². The largest absolute Gasteiger partial charge is 0.508 e. The molecule has 0 spiro atoms.